The molecule has 7 heteroatoms. The summed E-state index contributed by atoms with van der Waals surface area (Å²) < 4.78 is 5.34. The first-order valence-corrected chi connectivity index (χ1v) is 6.08. The normalized spacial score (nSPS) is 13.4. The molecule has 0 bridgehead atoms. The Labute approximate surface area is 114 Å². The Morgan fingerprint density at radius 1 is 1.47 bits per heavy atom. The molecule has 3 rings (SSSR count). The standard InChI is InChI=1S/C12H11ClN4O2/c13-8-3-10-11(19-6-12(18)16-10)4-9(8)14-5-7-1-2-15-17-7/h1-4,14H,5-6H2,(H,15,17)(H,16,18). The Morgan fingerprint density at radius 3 is 3.16 bits per heavy atom. The van der Waals surface area contributed by atoms with Gasteiger partial charge in [-0.05, 0) is 12.1 Å². The summed E-state index contributed by atoms with van der Waals surface area (Å²) in [5.74, 6) is 0.429. The van der Waals surface area contributed by atoms with Crippen LogP contribution in [0.1, 0.15) is 5.69 Å². The van der Waals surface area contributed by atoms with Gasteiger partial charge in [0.05, 0.1) is 28.6 Å². The first-order chi connectivity index (χ1) is 9.22. The van der Waals surface area contributed by atoms with E-state index in [0.717, 1.165) is 11.4 Å². The molecule has 6 nitrogen and oxygen atoms in total. The zero-order valence-electron chi connectivity index (χ0n) is 9.87. The highest BCUT2D eigenvalue weighted by Crippen LogP contribution is 2.36. The SMILES string of the molecule is O=C1COc2cc(NCc3ccn[nH]3)c(Cl)cc2N1. The smallest absolute Gasteiger partial charge is 0.262 e. The maximum Gasteiger partial charge on any atom is 0.262 e. The van der Waals surface area contributed by atoms with Gasteiger partial charge in [-0.3, -0.25) is 9.89 Å². The van der Waals surface area contributed by atoms with E-state index >= 15 is 0 Å². The molecule has 0 radical (unpaired) electrons. The van der Waals surface area contributed by atoms with Gasteiger partial charge in [-0.2, -0.15) is 5.10 Å². The number of rotatable bonds is 3. The van der Waals surface area contributed by atoms with E-state index in [4.69, 9.17) is 16.3 Å². The third kappa shape index (κ3) is 2.48. The molecule has 19 heavy (non-hydrogen) atoms. The van der Waals surface area contributed by atoms with E-state index in [9.17, 15) is 4.79 Å². The number of hydrogen-bond donors (Lipinski definition) is 3. The van der Waals surface area contributed by atoms with Crippen molar-refractivity contribution >= 4 is 28.9 Å². The minimum Gasteiger partial charge on any atom is -0.482 e. The average Bonchev–Trinajstić information content (AvgIpc) is 2.89. The third-order valence-electron chi connectivity index (χ3n) is 2.73. The molecular formula is C12H11ClN4O2. The van der Waals surface area contributed by atoms with Crippen molar-refractivity contribution in [1.29, 1.82) is 0 Å². The van der Waals surface area contributed by atoms with E-state index in [2.05, 4.69) is 20.8 Å². The second kappa shape index (κ2) is 4.81. The molecule has 0 aliphatic carbocycles. The number of aromatic amines is 1. The van der Waals surface area contributed by atoms with E-state index < -0.39 is 0 Å². The average molecular weight is 279 g/mol. The van der Waals surface area contributed by atoms with Crippen molar-refractivity contribution in [2.75, 3.05) is 17.2 Å². The molecular weight excluding hydrogens is 268 g/mol. The summed E-state index contributed by atoms with van der Waals surface area (Å²) in [6.07, 6.45) is 1.68. The molecule has 2 heterocycles. The molecule has 0 saturated carbocycles. The summed E-state index contributed by atoms with van der Waals surface area (Å²) in [5, 5.41) is 13.1. The molecule has 1 amide bonds. The Kier molecular flexibility index (Phi) is 3.00. The van der Waals surface area contributed by atoms with Gasteiger partial charge in [0, 0.05) is 12.3 Å². The number of amides is 1. The highest BCUT2D eigenvalue weighted by molar-refractivity contribution is 6.33. The number of carbonyl (C=O) groups is 1. The molecule has 1 aliphatic rings. The van der Waals surface area contributed by atoms with E-state index in [1.165, 1.54) is 0 Å². The van der Waals surface area contributed by atoms with Gasteiger partial charge in [0.1, 0.15) is 5.75 Å². The number of nitrogens with one attached hydrogen (secondary N) is 3. The van der Waals surface area contributed by atoms with Gasteiger partial charge in [0.25, 0.3) is 5.91 Å². The summed E-state index contributed by atoms with van der Waals surface area (Å²) in [5.41, 5.74) is 2.28. The number of aromatic nitrogens is 2. The van der Waals surface area contributed by atoms with Crippen molar-refractivity contribution in [1.82, 2.24) is 10.2 Å². The van der Waals surface area contributed by atoms with Gasteiger partial charge < -0.3 is 15.4 Å². The zero-order valence-corrected chi connectivity index (χ0v) is 10.6. The van der Waals surface area contributed by atoms with Gasteiger partial charge in [-0.1, -0.05) is 11.6 Å². The lowest BCUT2D eigenvalue weighted by Gasteiger charge is -2.19. The van der Waals surface area contributed by atoms with E-state index in [-0.39, 0.29) is 12.5 Å². The van der Waals surface area contributed by atoms with Crippen LogP contribution in [0.25, 0.3) is 0 Å². The summed E-state index contributed by atoms with van der Waals surface area (Å²) in [6, 6.07) is 5.31. The van der Waals surface area contributed by atoms with Crippen molar-refractivity contribution in [3.63, 3.8) is 0 Å². The van der Waals surface area contributed by atoms with Crippen LogP contribution >= 0.6 is 11.6 Å². The largest absolute Gasteiger partial charge is 0.482 e. The highest BCUT2D eigenvalue weighted by Gasteiger charge is 2.18. The first-order valence-electron chi connectivity index (χ1n) is 5.71. The molecule has 0 atom stereocenters. The number of benzene rings is 1. The number of hydrogen-bond acceptors (Lipinski definition) is 4. The molecule has 0 saturated heterocycles. The molecule has 1 aliphatic heterocycles. The number of fused-ring (bicyclic) bond motifs is 1. The molecule has 2 aromatic rings. The third-order valence-corrected chi connectivity index (χ3v) is 3.04. The molecule has 0 spiro atoms. The topological polar surface area (TPSA) is 79.0 Å². The number of anilines is 2. The number of carbonyl (C=O) groups excluding carboxylic acids is 1. The molecule has 98 valence electrons. The predicted octanol–water partition coefficient (Wildman–Crippen LogP) is 2.01. The molecule has 0 fully saturated rings. The lowest BCUT2D eigenvalue weighted by molar-refractivity contribution is -0.118. The van der Waals surface area contributed by atoms with Gasteiger partial charge in [-0.25, -0.2) is 0 Å². The quantitative estimate of drug-likeness (QED) is 0.802. The van der Waals surface area contributed by atoms with Crippen LogP contribution in [0.15, 0.2) is 24.4 Å². The lowest BCUT2D eigenvalue weighted by atomic mass is 10.2. The fourth-order valence-electron chi connectivity index (χ4n) is 1.81. The minimum absolute atomic E-state index is 0.0224. The minimum atomic E-state index is -0.179. The second-order valence-corrected chi connectivity index (χ2v) is 4.51. The zero-order chi connectivity index (χ0) is 13.2. The van der Waals surface area contributed by atoms with E-state index in [0.29, 0.717) is 23.0 Å². The monoisotopic (exact) mass is 278 g/mol. The van der Waals surface area contributed by atoms with Crippen LogP contribution in [0, 0.1) is 0 Å². The maximum atomic E-state index is 11.2. The Morgan fingerprint density at radius 2 is 2.37 bits per heavy atom. The Hall–Kier alpha value is -2.21. The van der Waals surface area contributed by atoms with Crippen molar-refractivity contribution < 1.29 is 9.53 Å². The molecule has 1 aromatic heterocycles. The Bertz CT molecular complexity index is 612. The van der Waals surface area contributed by atoms with Crippen LogP contribution in [0.2, 0.25) is 5.02 Å². The van der Waals surface area contributed by atoms with Crippen LogP contribution in [0.5, 0.6) is 5.75 Å². The van der Waals surface area contributed by atoms with Gasteiger partial charge in [0.15, 0.2) is 6.61 Å². The van der Waals surface area contributed by atoms with Gasteiger partial charge in [-0.15, -0.1) is 0 Å². The van der Waals surface area contributed by atoms with E-state index in [1.54, 1.807) is 18.3 Å². The van der Waals surface area contributed by atoms with Crippen molar-refractivity contribution in [2.24, 2.45) is 0 Å². The fraction of sp³-hybridized carbons (Fsp3) is 0.167. The van der Waals surface area contributed by atoms with Crippen molar-refractivity contribution in [3.8, 4) is 5.75 Å². The van der Waals surface area contributed by atoms with Crippen molar-refractivity contribution in [2.45, 2.75) is 6.54 Å². The lowest BCUT2D eigenvalue weighted by Crippen LogP contribution is -2.25. The maximum absolute atomic E-state index is 11.2. The van der Waals surface area contributed by atoms with Crippen LogP contribution in [0.3, 0.4) is 0 Å². The number of halogens is 1. The van der Waals surface area contributed by atoms with Gasteiger partial charge in [0.2, 0.25) is 0 Å². The van der Waals surface area contributed by atoms with E-state index in [1.807, 2.05) is 6.07 Å². The molecule has 0 unspecified atom stereocenters. The predicted molar refractivity (Wildman–Crippen MR) is 71.5 cm³/mol. The van der Waals surface area contributed by atoms with Gasteiger partial charge >= 0.3 is 0 Å². The molecule has 3 N–H and O–H groups in total. The van der Waals surface area contributed by atoms with Crippen molar-refractivity contribution in [3.05, 3.63) is 35.1 Å². The first kappa shape index (κ1) is 11.9. The second-order valence-electron chi connectivity index (χ2n) is 4.10. The number of nitrogens with zero attached hydrogens (tertiary/aromatic N) is 1. The fourth-order valence-corrected chi connectivity index (χ4v) is 2.04. The molecule has 1 aromatic carbocycles. The summed E-state index contributed by atoms with van der Waals surface area (Å²) >= 11 is 6.15. The highest BCUT2D eigenvalue weighted by atomic mass is 35.5. The van der Waals surface area contributed by atoms with Crippen LogP contribution in [-0.4, -0.2) is 22.7 Å². The number of H-pyrrole nitrogens is 1. The number of ether oxygens (including phenoxy) is 1. The summed E-state index contributed by atoms with van der Waals surface area (Å²) in [6.45, 7) is 0.597. The summed E-state index contributed by atoms with van der Waals surface area (Å²) in [7, 11) is 0. The summed E-state index contributed by atoms with van der Waals surface area (Å²) in [4.78, 5) is 11.2. The van der Waals surface area contributed by atoms with Crippen LogP contribution in [-0.2, 0) is 11.3 Å². The van der Waals surface area contributed by atoms with Crippen LogP contribution in [0.4, 0.5) is 11.4 Å². The van der Waals surface area contributed by atoms with Crippen LogP contribution < -0.4 is 15.4 Å². The Balaban J connectivity index is 1.80.